The molecule has 0 aromatic carbocycles. The van der Waals surface area contributed by atoms with Gasteiger partial charge in [-0.1, -0.05) is 69.9 Å². The zero-order valence-electron chi connectivity index (χ0n) is 31.5. The van der Waals surface area contributed by atoms with Crippen LogP contribution in [0.1, 0.15) is 126 Å². The third kappa shape index (κ3) is 8.39. The van der Waals surface area contributed by atoms with Gasteiger partial charge in [-0.25, -0.2) is 0 Å². The summed E-state index contributed by atoms with van der Waals surface area (Å²) in [4.78, 5) is 57.2. The van der Waals surface area contributed by atoms with Gasteiger partial charge in [-0.15, -0.1) is 0 Å². The molecule has 0 aromatic heterocycles. The summed E-state index contributed by atoms with van der Waals surface area (Å²) in [5.74, 6) is -3.17. The van der Waals surface area contributed by atoms with Gasteiger partial charge in [0.25, 0.3) is 0 Å². The number of hydrogen-bond donors (Lipinski definition) is 2. The van der Waals surface area contributed by atoms with Gasteiger partial charge in [-0.3, -0.25) is 19.2 Å². The summed E-state index contributed by atoms with van der Waals surface area (Å²) in [6.07, 6.45) is 9.29. The van der Waals surface area contributed by atoms with Gasteiger partial charge in [0.15, 0.2) is 0 Å². The van der Waals surface area contributed by atoms with Crippen LogP contribution in [0.4, 0.5) is 0 Å². The summed E-state index contributed by atoms with van der Waals surface area (Å²) in [5, 5.41) is 23.0. The summed E-state index contributed by atoms with van der Waals surface area (Å²) in [6.45, 7) is 15.3. The molecule has 274 valence electrons. The van der Waals surface area contributed by atoms with E-state index in [1.807, 2.05) is 53.7 Å². The summed E-state index contributed by atoms with van der Waals surface area (Å²) in [6, 6.07) is 0. The van der Waals surface area contributed by atoms with Crippen molar-refractivity contribution in [1.29, 1.82) is 0 Å². The lowest BCUT2D eigenvalue weighted by Gasteiger charge is -2.48. The van der Waals surface area contributed by atoms with Crippen molar-refractivity contribution < 1.29 is 38.9 Å². The van der Waals surface area contributed by atoms with Gasteiger partial charge in [-0.2, -0.15) is 0 Å². The number of methoxy groups -OCH3 is 1. The summed E-state index contributed by atoms with van der Waals surface area (Å²) >= 11 is 0. The van der Waals surface area contributed by atoms with Gasteiger partial charge in [0.05, 0.1) is 30.3 Å². The first kappa shape index (κ1) is 39.4. The minimum absolute atomic E-state index is 0.0431. The number of fused-ring (bicyclic) bond motifs is 5. The number of hydrogen-bond acceptors (Lipinski definition) is 8. The van der Waals surface area contributed by atoms with E-state index < -0.39 is 52.5 Å². The maximum atomic E-state index is 14.6. The molecule has 0 radical (unpaired) electrons. The molecule has 1 saturated carbocycles. The second kappa shape index (κ2) is 15.4. The van der Waals surface area contributed by atoms with Crippen LogP contribution >= 0.6 is 0 Å². The maximum absolute atomic E-state index is 14.6. The Kier molecular flexibility index (Phi) is 12.4. The Balaban J connectivity index is 1.97. The van der Waals surface area contributed by atoms with E-state index in [0.29, 0.717) is 25.7 Å². The molecule has 0 aromatic rings. The molecular formula is C41H62O8. The molecule has 49 heavy (non-hydrogen) atoms. The molecule has 2 N–H and O–H groups in total. The molecule has 2 fully saturated rings. The van der Waals surface area contributed by atoms with Crippen LogP contribution < -0.4 is 0 Å². The number of ether oxygens (including phenoxy) is 2. The third-order valence-electron chi connectivity index (χ3n) is 12.4. The van der Waals surface area contributed by atoms with Gasteiger partial charge in [0, 0.05) is 42.9 Å². The van der Waals surface area contributed by atoms with Crippen LogP contribution in [-0.2, 0) is 28.7 Å². The standard InChI is InChI=1S/C41H62O8/c1-24(2)30-22-33(42)27(5)12-10-11-25(3)20-34(43)32-21-28(6)29-15-17-39(7,46)37-16-18-40(8,47)36(49-37)14-13-26(4)19-31(29)41(32,23-35(30)44)38(45)48-9/h15,17,19,24-25,27,30-32,36-37,46-47H,10-14,16,18,20-23H2,1-9H3. The van der Waals surface area contributed by atoms with E-state index in [0.717, 1.165) is 36.0 Å². The average Bonchev–Trinajstić information content (AvgIpc) is 3.01. The smallest absolute Gasteiger partial charge is 0.313 e. The number of Topliss-reactive ketones (excluding diaryl/α,β-unsaturated/α-hetero) is 3. The molecule has 2 heterocycles. The minimum Gasteiger partial charge on any atom is -0.469 e. The van der Waals surface area contributed by atoms with Crippen LogP contribution in [0.5, 0.6) is 0 Å². The van der Waals surface area contributed by atoms with Gasteiger partial charge >= 0.3 is 5.97 Å². The van der Waals surface area contributed by atoms with Crippen LogP contribution in [0.15, 0.2) is 34.9 Å². The Morgan fingerprint density at radius 2 is 1.63 bits per heavy atom. The maximum Gasteiger partial charge on any atom is 0.313 e. The quantitative estimate of drug-likeness (QED) is 0.234. The highest BCUT2D eigenvalue weighted by atomic mass is 16.5. The predicted molar refractivity (Wildman–Crippen MR) is 189 cm³/mol. The first-order chi connectivity index (χ1) is 22.8. The van der Waals surface area contributed by atoms with Crippen molar-refractivity contribution in [3.63, 3.8) is 0 Å². The highest BCUT2D eigenvalue weighted by Crippen LogP contribution is 2.55. The molecule has 2 aliphatic carbocycles. The highest BCUT2D eigenvalue weighted by molar-refractivity contribution is 5.97. The Bertz CT molecular complexity index is 1360. The van der Waals surface area contributed by atoms with Crippen LogP contribution in [-0.4, -0.2) is 64.1 Å². The fourth-order valence-electron chi connectivity index (χ4n) is 8.99. The van der Waals surface area contributed by atoms with Crippen LogP contribution in [0.3, 0.4) is 0 Å². The number of carbonyl (C=O) groups excluding carboxylic acids is 4. The normalized spacial score (nSPS) is 40.4. The van der Waals surface area contributed by atoms with E-state index in [4.69, 9.17) is 9.47 Å². The monoisotopic (exact) mass is 682 g/mol. The lowest BCUT2D eigenvalue weighted by Crippen LogP contribution is -2.54. The van der Waals surface area contributed by atoms with Gasteiger partial charge in [0.1, 0.15) is 23.0 Å². The van der Waals surface area contributed by atoms with Crippen molar-refractivity contribution in [2.45, 2.75) is 149 Å². The number of esters is 1. The fourth-order valence-corrected chi connectivity index (χ4v) is 8.99. The van der Waals surface area contributed by atoms with E-state index in [-0.39, 0.29) is 60.8 Å². The SMILES string of the molecule is COC(=O)C12CC(=O)C(C(C)C)CC(=O)C(C)CCCC(C)CC(=O)C1CC(C)=C1C=CC(C)(O)C3CCC(C)(O)C(CCC(C)=CC12)O3. The number of rotatable bonds is 2. The number of ketones is 3. The number of carbonyl (C=O) groups is 4. The van der Waals surface area contributed by atoms with E-state index in [1.165, 1.54) is 7.11 Å². The van der Waals surface area contributed by atoms with E-state index in [9.17, 15) is 29.4 Å². The molecular weight excluding hydrogens is 620 g/mol. The summed E-state index contributed by atoms with van der Waals surface area (Å²) < 4.78 is 12.0. The zero-order chi connectivity index (χ0) is 36.5. The molecule has 10 unspecified atom stereocenters. The van der Waals surface area contributed by atoms with Crippen molar-refractivity contribution in [2.24, 2.45) is 40.9 Å². The molecule has 1 saturated heterocycles. The van der Waals surface area contributed by atoms with E-state index >= 15 is 0 Å². The Morgan fingerprint density at radius 1 is 0.939 bits per heavy atom. The third-order valence-corrected chi connectivity index (χ3v) is 12.4. The van der Waals surface area contributed by atoms with Gasteiger partial charge in [0.2, 0.25) is 0 Å². The molecule has 0 amide bonds. The predicted octanol–water partition coefficient (Wildman–Crippen LogP) is 7.05. The molecule has 8 heteroatoms. The van der Waals surface area contributed by atoms with Gasteiger partial charge in [-0.05, 0) is 83.6 Å². The lowest BCUT2D eigenvalue weighted by molar-refractivity contribution is -0.204. The molecule has 10 atom stereocenters. The zero-order valence-corrected chi connectivity index (χ0v) is 31.5. The Hall–Kier alpha value is -2.42. The molecule has 2 aliphatic heterocycles. The van der Waals surface area contributed by atoms with Gasteiger partial charge < -0.3 is 19.7 Å². The average molecular weight is 683 g/mol. The number of allylic oxidation sites excluding steroid dienone is 5. The van der Waals surface area contributed by atoms with Crippen molar-refractivity contribution >= 4 is 23.3 Å². The second-order valence-corrected chi connectivity index (χ2v) is 16.9. The number of aliphatic hydroxyl groups is 2. The highest BCUT2D eigenvalue weighted by Gasteiger charge is 2.59. The van der Waals surface area contributed by atoms with Crippen LogP contribution in [0.2, 0.25) is 0 Å². The first-order valence-electron chi connectivity index (χ1n) is 18.7. The van der Waals surface area contributed by atoms with Crippen molar-refractivity contribution in [1.82, 2.24) is 0 Å². The molecule has 0 spiro atoms. The van der Waals surface area contributed by atoms with Crippen LogP contribution in [0.25, 0.3) is 0 Å². The fraction of sp³-hybridized carbons (Fsp3) is 0.756. The topological polar surface area (TPSA) is 127 Å². The summed E-state index contributed by atoms with van der Waals surface area (Å²) in [7, 11) is 1.32. The van der Waals surface area contributed by atoms with E-state index in [2.05, 4.69) is 0 Å². The molecule has 4 rings (SSSR count). The van der Waals surface area contributed by atoms with Crippen molar-refractivity contribution in [2.75, 3.05) is 7.11 Å². The Labute approximate surface area is 294 Å². The lowest BCUT2D eigenvalue weighted by atomic mass is 9.53. The first-order valence-corrected chi connectivity index (χ1v) is 18.7. The van der Waals surface area contributed by atoms with Crippen molar-refractivity contribution in [3.05, 3.63) is 34.9 Å². The molecule has 2 bridgehead atoms. The second-order valence-electron chi connectivity index (χ2n) is 16.9. The van der Waals surface area contributed by atoms with Crippen molar-refractivity contribution in [3.8, 4) is 0 Å². The van der Waals surface area contributed by atoms with E-state index in [1.54, 1.807) is 19.9 Å². The minimum atomic E-state index is -1.55. The molecule has 8 nitrogen and oxygen atoms in total. The van der Waals surface area contributed by atoms with Crippen LogP contribution in [0, 0.1) is 40.9 Å². The largest absolute Gasteiger partial charge is 0.469 e. The summed E-state index contributed by atoms with van der Waals surface area (Å²) in [5.41, 5.74) is -1.35. The molecule has 4 aliphatic rings. The Morgan fingerprint density at radius 3 is 2.29 bits per heavy atom.